The van der Waals surface area contributed by atoms with Crippen LogP contribution in [0, 0.1) is 11.3 Å². The molecular weight excluding hydrogens is 308 g/mol. The summed E-state index contributed by atoms with van der Waals surface area (Å²) in [5.41, 5.74) is 2.50. The third-order valence-corrected chi connectivity index (χ3v) is 3.60. The molecule has 0 amide bonds. The van der Waals surface area contributed by atoms with Crippen molar-refractivity contribution in [2.75, 3.05) is 6.79 Å². The van der Waals surface area contributed by atoms with Crippen LogP contribution >= 0.6 is 0 Å². The first-order valence-electron chi connectivity index (χ1n) is 7.26. The van der Waals surface area contributed by atoms with Crippen molar-refractivity contribution in [2.24, 2.45) is 0 Å². The summed E-state index contributed by atoms with van der Waals surface area (Å²) in [5.74, 6) is 2.15. The summed E-state index contributed by atoms with van der Waals surface area (Å²) in [7, 11) is 0. The Morgan fingerprint density at radius 3 is 2.96 bits per heavy atom. The summed E-state index contributed by atoms with van der Waals surface area (Å²) in [6, 6.07) is 15.1. The minimum Gasteiger partial charge on any atom is -0.489 e. The fourth-order valence-corrected chi connectivity index (χ4v) is 2.44. The molecule has 0 atom stereocenters. The number of nitrogens with one attached hydrogen (secondary N) is 1. The van der Waals surface area contributed by atoms with Crippen LogP contribution in [0.15, 0.2) is 42.5 Å². The summed E-state index contributed by atoms with van der Waals surface area (Å²) in [4.78, 5) is 0. The van der Waals surface area contributed by atoms with Crippen molar-refractivity contribution in [3.8, 4) is 34.6 Å². The van der Waals surface area contributed by atoms with Gasteiger partial charge in [-0.05, 0) is 29.8 Å². The van der Waals surface area contributed by atoms with Crippen LogP contribution in [0.2, 0.25) is 0 Å². The minimum atomic E-state index is 0.251. The second-order valence-corrected chi connectivity index (χ2v) is 5.14. The first-order chi connectivity index (χ1) is 11.8. The van der Waals surface area contributed by atoms with Crippen LogP contribution < -0.4 is 14.2 Å². The van der Waals surface area contributed by atoms with Gasteiger partial charge in [-0.25, -0.2) is 0 Å². The molecule has 1 aliphatic heterocycles. The summed E-state index contributed by atoms with van der Waals surface area (Å²) >= 11 is 0. The molecular formula is C17H12N4O3. The van der Waals surface area contributed by atoms with Gasteiger partial charge in [-0.1, -0.05) is 18.2 Å². The van der Waals surface area contributed by atoms with E-state index in [0.29, 0.717) is 18.1 Å². The summed E-state index contributed by atoms with van der Waals surface area (Å²) in [6.07, 6.45) is 0. The maximum atomic E-state index is 9.04. The zero-order chi connectivity index (χ0) is 16.4. The van der Waals surface area contributed by atoms with Gasteiger partial charge in [-0.15, -0.1) is 5.10 Å². The first-order valence-corrected chi connectivity index (χ1v) is 7.26. The summed E-state index contributed by atoms with van der Waals surface area (Å²) in [5, 5.41) is 19.3. The second kappa shape index (κ2) is 5.93. The van der Waals surface area contributed by atoms with Gasteiger partial charge in [0.2, 0.25) is 6.79 Å². The number of nitrogens with zero attached hydrogens (tertiary/aromatic N) is 3. The number of ether oxygens (including phenoxy) is 3. The van der Waals surface area contributed by atoms with Crippen molar-refractivity contribution < 1.29 is 14.2 Å². The van der Waals surface area contributed by atoms with Gasteiger partial charge in [0.15, 0.2) is 17.2 Å². The topological polar surface area (TPSA) is 93.1 Å². The molecule has 1 aromatic heterocycles. The number of nitriles is 1. The molecule has 4 rings (SSSR count). The lowest BCUT2D eigenvalue weighted by Crippen LogP contribution is -1.96. The highest BCUT2D eigenvalue weighted by Crippen LogP contribution is 2.33. The van der Waals surface area contributed by atoms with Crippen LogP contribution in [0.3, 0.4) is 0 Å². The van der Waals surface area contributed by atoms with Gasteiger partial charge >= 0.3 is 0 Å². The van der Waals surface area contributed by atoms with Crippen molar-refractivity contribution >= 4 is 0 Å². The molecule has 0 saturated heterocycles. The molecule has 0 saturated carbocycles. The van der Waals surface area contributed by atoms with E-state index in [-0.39, 0.29) is 12.5 Å². The number of aromatic nitrogens is 3. The fourth-order valence-electron chi connectivity index (χ4n) is 2.44. The van der Waals surface area contributed by atoms with Gasteiger partial charge in [0, 0.05) is 5.56 Å². The van der Waals surface area contributed by atoms with Crippen molar-refractivity contribution in [3.63, 3.8) is 0 Å². The Hall–Kier alpha value is -3.53. The number of H-pyrrole nitrogens is 1. The van der Waals surface area contributed by atoms with E-state index in [1.807, 2.05) is 48.5 Å². The molecule has 24 heavy (non-hydrogen) atoms. The molecule has 2 heterocycles. The smallest absolute Gasteiger partial charge is 0.231 e. The number of aromatic amines is 1. The predicted octanol–water partition coefficient (Wildman–Crippen LogP) is 2.65. The zero-order valence-corrected chi connectivity index (χ0v) is 12.5. The molecule has 3 aromatic rings. The maximum absolute atomic E-state index is 9.04. The van der Waals surface area contributed by atoms with Crippen LogP contribution in [0.25, 0.3) is 11.3 Å². The molecule has 0 bridgehead atoms. The van der Waals surface area contributed by atoms with Gasteiger partial charge in [0.1, 0.15) is 24.1 Å². The largest absolute Gasteiger partial charge is 0.489 e. The van der Waals surface area contributed by atoms with Crippen molar-refractivity contribution in [2.45, 2.75) is 6.61 Å². The lowest BCUT2D eigenvalue weighted by Gasteiger charge is -2.08. The summed E-state index contributed by atoms with van der Waals surface area (Å²) in [6.45, 7) is 0.643. The highest BCUT2D eigenvalue weighted by Gasteiger charge is 2.14. The normalized spacial score (nSPS) is 12.0. The van der Waals surface area contributed by atoms with E-state index < -0.39 is 0 Å². The van der Waals surface area contributed by atoms with Crippen LogP contribution in [0.4, 0.5) is 0 Å². The molecule has 0 fully saturated rings. The zero-order valence-electron chi connectivity index (χ0n) is 12.5. The molecule has 2 aromatic carbocycles. The number of hydrogen-bond acceptors (Lipinski definition) is 6. The molecule has 1 aliphatic rings. The van der Waals surface area contributed by atoms with Crippen LogP contribution in [-0.4, -0.2) is 22.2 Å². The van der Waals surface area contributed by atoms with Gasteiger partial charge in [-0.2, -0.15) is 15.6 Å². The quantitative estimate of drug-likeness (QED) is 0.794. The van der Waals surface area contributed by atoms with E-state index in [2.05, 4.69) is 15.4 Å². The second-order valence-electron chi connectivity index (χ2n) is 5.14. The Bertz CT molecular complexity index is 930. The highest BCUT2D eigenvalue weighted by atomic mass is 16.7. The van der Waals surface area contributed by atoms with E-state index in [0.717, 1.165) is 22.6 Å². The third kappa shape index (κ3) is 2.61. The Balaban J connectivity index is 1.51. The molecule has 118 valence electrons. The van der Waals surface area contributed by atoms with E-state index in [1.54, 1.807) is 0 Å². The lowest BCUT2D eigenvalue weighted by atomic mass is 10.1. The number of hydrogen-bond donors (Lipinski definition) is 1. The Morgan fingerprint density at radius 1 is 1.12 bits per heavy atom. The summed E-state index contributed by atoms with van der Waals surface area (Å²) < 4.78 is 16.5. The van der Waals surface area contributed by atoms with Crippen molar-refractivity contribution in [1.82, 2.24) is 15.4 Å². The van der Waals surface area contributed by atoms with Crippen LogP contribution in [0.1, 0.15) is 11.3 Å². The highest BCUT2D eigenvalue weighted by molar-refractivity contribution is 5.65. The molecule has 1 N–H and O–H groups in total. The third-order valence-electron chi connectivity index (χ3n) is 3.60. The van der Waals surface area contributed by atoms with Gasteiger partial charge < -0.3 is 14.2 Å². The van der Waals surface area contributed by atoms with Crippen molar-refractivity contribution in [3.05, 3.63) is 53.7 Å². The first kappa shape index (κ1) is 14.1. The molecule has 0 spiro atoms. The average molecular weight is 320 g/mol. The van der Waals surface area contributed by atoms with Crippen LogP contribution in [0.5, 0.6) is 17.2 Å². The van der Waals surface area contributed by atoms with Gasteiger partial charge in [0.05, 0.1) is 0 Å². The Morgan fingerprint density at radius 2 is 2.04 bits per heavy atom. The number of fused-ring (bicyclic) bond motifs is 1. The molecule has 0 unspecified atom stereocenters. The molecule has 0 radical (unpaired) electrons. The fraction of sp³-hybridized carbons (Fsp3) is 0.118. The van der Waals surface area contributed by atoms with Gasteiger partial charge in [-0.3, -0.25) is 0 Å². The van der Waals surface area contributed by atoms with Gasteiger partial charge in [0.25, 0.3) is 0 Å². The van der Waals surface area contributed by atoms with E-state index >= 15 is 0 Å². The maximum Gasteiger partial charge on any atom is 0.231 e. The SMILES string of the molecule is N#Cc1n[nH]nc1-c1cccc(OCc2ccc3c(c2)OCO3)c1. The number of benzene rings is 2. The van der Waals surface area contributed by atoms with E-state index in [1.165, 1.54) is 0 Å². The minimum absolute atomic E-state index is 0.251. The molecule has 7 heteroatoms. The predicted molar refractivity (Wildman–Crippen MR) is 83.4 cm³/mol. The van der Waals surface area contributed by atoms with E-state index in [9.17, 15) is 0 Å². The molecule has 0 aliphatic carbocycles. The van der Waals surface area contributed by atoms with E-state index in [4.69, 9.17) is 19.5 Å². The van der Waals surface area contributed by atoms with Crippen LogP contribution in [-0.2, 0) is 6.61 Å². The molecule has 7 nitrogen and oxygen atoms in total. The monoisotopic (exact) mass is 320 g/mol. The Labute approximate surface area is 137 Å². The van der Waals surface area contributed by atoms with Crippen molar-refractivity contribution in [1.29, 1.82) is 5.26 Å². The number of rotatable bonds is 4. The lowest BCUT2D eigenvalue weighted by molar-refractivity contribution is 0.174. The standard InChI is InChI=1S/C17H12N4O3/c18-8-14-17(20-21-19-14)12-2-1-3-13(7-12)22-9-11-4-5-15-16(6-11)24-10-23-15/h1-7H,9-10H2,(H,19,20,21). The average Bonchev–Trinajstić information content (AvgIpc) is 3.28. The Kier molecular flexibility index (Phi) is 3.48.